The maximum Gasteiger partial charge on any atom is 0.416 e. The molecule has 1 aromatic carbocycles. The fourth-order valence-corrected chi connectivity index (χ4v) is 1.78. The number of rotatable bonds is 5. The van der Waals surface area contributed by atoms with Crippen LogP contribution in [0.1, 0.15) is 33.3 Å². The van der Waals surface area contributed by atoms with E-state index in [1.54, 1.807) is 40.0 Å². The summed E-state index contributed by atoms with van der Waals surface area (Å²) in [5.41, 5.74) is 1.03. The summed E-state index contributed by atoms with van der Waals surface area (Å²) in [5, 5.41) is 2.34. The Morgan fingerprint density at radius 3 is 2.23 bits per heavy atom. The Balaban J connectivity index is 2.39. The van der Waals surface area contributed by atoms with Gasteiger partial charge in [0.05, 0.1) is 0 Å². The van der Waals surface area contributed by atoms with E-state index in [9.17, 15) is 14.4 Å². The maximum atomic E-state index is 11.9. The van der Waals surface area contributed by atoms with Crippen LogP contribution in [0.3, 0.4) is 0 Å². The SMILES string of the molecule is Cc1ccc(N(C)C(=O)OCOC(=O)[C@H](C)NC(=O)OC(C)(C)C)cc1. The largest absolute Gasteiger partial charge is 0.444 e. The van der Waals surface area contributed by atoms with Gasteiger partial charge in [0.2, 0.25) is 6.79 Å². The molecule has 1 atom stereocenters. The molecule has 1 aromatic rings. The van der Waals surface area contributed by atoms with Gasteiger partial charge in [0.15, 0.2) is 0 Å². The summed E-state index contributed by atoms with van der Waals surface area (Å²) in [7, 11) is 1.54. The summed E-state index contributed by atoms with van der Waals surface area (Å²) in [6.07, 6.45) is -1.41. The fraction of sp³-hybridized carbons (Fsp3) is 0.500. The van der Waals surface area contributed by atoms with Crippen LogP contribution in [-0.2, 0) is 19.0 Å². The number of carbonyl (C=O) groups is 3. The highest BCUT2D eigenvalue weighted by atomic mass is 16.7. The van der Waals surface area contributed by atoms with E-state index in [0.717, 1.165) is 5.56 Å². The normalized spacial score (nSPS) is 11.9. The minimum absolute atomic E-state index is 0.561. The van der Waals surface area contributed by atoms with Crippen LogP contribution in [0, 0.1) is 6.92 Å². The lowest BCUT2D eigenvalue weighted by molar-refractivity contribution is -0.153. The Labute approximate surface area is 153 Å². The van der Waals surface area contributed by atoms with Gasteiger partial charge in [-0.05, 0) is 46.8 Å². The van der Waals surface area contributed by atoms with Crippen molar-refractivity contribution < 1.29 is 28.6 Å². The van der Waals surface area contributed by atoms with Crippen LogP contribution in [0.2, 0.25) is 0 Å². The van der Waals surface area contributed by atoms with Gasteiger partial charge in [-0.2, -0.15) is 0 Å². The Hall–Kier alpha value is -2.77. The second-order valence-electron chi connectivity index (χ2n) is 6.75. The zero-order valence-corrected chi connectivity index (χ0v) is 16.0. The van der Waals surface area contributed by atoms with E-state index in [4.69, 9.17) is 14.2 Å². The van der Waals surface area contributed by atoms with Crippen LogP contribution in [-0.4, -0.2) is 43.6 Å². The number of anilines is 1. The standard InChI is InChI=1S/C18H26N2O6/c1-12-7-9-14(10-8-12)20(6)17(23)25-11-24-15(21)13(2)19-16(22)26-18(3,4)5/h7-10,13H,11H2,1-6H3,(H,19,22)/t13-/m0/s1. The van der Waals surface area contributed by atoms with Gasteiger partial charge >= 0.3 is 18.2 Å². The number of ether oxygens (including phenoxy) is 3. The molecule has 0 radical (unpaired) electrons. The van der Waals surface area contributed by atoms with Gasteiger partial charge in [-0.3, -0.25) is 4.90 Å². The first kappa shape index (κ1) is 21.3. The van der Waals surface area contributed by atoms with Gasteiger partial charge in [0.1, 0.15) is 11.6 Å². The Bertz CT molecular complexity index is 636. The molecule has 26 heavy (non-hydrogen) atoms. The molecule has 1 rings (SSSR count). The van der Waals surface area contributed by atoms with Crippen LogP contribution in [0.4, 0.5) is 15.3 Å². The topological polar surface area (TPSA) is 94.2 Å². The average molecular weight is 366 g/mol. The molecular weight excluding hydrogens is 340 g/mol. The molecule has 0 aliphatic rings. The molecule has 0 bridgehead atoms. The number of amides is 2. The second-order valence-corrected chi connectivity index (χ2v) is 6.75. The third-order valence-corrected chi connectivity index (χ3v) is 3.17. The Morgan fingerprint density at radius 1 is 1.12 bits per heavy atom. The highest BCUT2D eigenvalue weighted by Crippen LogP contribution is 2.14. The van der Waals surface area contributed by atoms with E-state index >= 15 is 0 Å². The predicted molar refractivity (Wildman–Crippen MR) is 95.9 cm³/mol. The Kier molecular flexibility index (Phi) is 7.42. The lowest BCUT2D eigenvalue weighted by Crippen LogP contribution is -2.42. The van der Waals surface area contributed by atoms with Crippen molar-refractivity contribution in [2.24, 2.45) is 0 Å². The van der Waals surface area contributed by atoms with E-state index < -0.39 is 36.6 Å². The molecule has 0 saturated heterocycles. The number of hydrogen-bond donors (Lipinski definition) is 1. The number of esters is 1. The van der Waals surface area contributed by atoms with Crippen molar-refractivity contribution >= 4 is 23.8 Å². The first-order valence-corrected chi connectivity index (χ1v) is 8.13. The maximum absolute atomic E-state index is 11.9. The lowest BCUT2D eigenvalue weighted by atomic mass is 10.2. The lowest BCUT2D eigenvalue weighted by Gasteiger charge is -2.21. The van der Waals surface area contributed by atoms with E-state index in [1.807, 2.05) is 19.1 Å². The molecule has 0 aliphatic heterocycles. The minimum Gasteiger partial charge on any atom is -0.444 e. The van der Waals surface area contributed by atoms with E-state index in [1.165, 1.54) is 11.8 Å². The number of nitrogens with zero attached hydrogens (tertiary/aromatic N) is 1. The highest BCUT2D eigenvalue weighted by Gasteiger charge is 2.22. The van der Waals surface area contributed by atoms with Crippen molar-refractivity contribution in [2.45, 2.75) is 46.3 Å². The van der Waals surface area contributed by atoms with Gasteiger partial charge in [-0.1, -0.05) is 17.7 Å². The van der Waals surface area contributed by atoms with Crippen molar-refractivity contribution in [3.8, 4) is 0 Å². The third kappa shape index (κ3) is 7.42. The van der Waals surface area contributed by atoms with E-state index in [2.05, 4.69) is 5.32 Å². The summed E-state index contributed by atoms with van der Waals surface area (Å²) in [4.78, 5) is 36.6. The molecular formula is C18H26N2O6. The predicted octanol–water partition coefficient (Wildman–Crippen LogP) is 2.98. The van der Waals surface area contributed by atoms with Gasteiger partial charge in [0, 0.05) is 12.7 Å². The number of aryl methyl sites for hydroxylation is 1. The zero-order chi connectivity index (χ0) is 19.9. The summed E-state index contributed by atoms with van der Waals surface area (Å²) in [6, 6.07) is 6.33. The molecule has 0 aliphatic carbocycles. The summed E-state index contributed by atoms with van der Waals surface area (Å²) in [5.74, 6) is -0.748. The third-order valence-electron chi connectivity index (χ3n) is 3.17. The number of benzene rings is 1. The summed E-state index contributed by atoms with van der Waals surface area (Å²) in [6.45, 7) is 7.94. The van der Waals surface area contributed by atoms with E-state index in [0.29, 0.717) is 5.69 Å². The van der Waals surface area contributed by atoms with Crippen molar-refractivity contribution in [3.63, 3.8) is 0 Å². The van der Waals surface area contributed by atoms with Crippen molar-refractivity contribution in [1.29, 1.82) is 0 Å². The van der Waals surface area contributed by atoms with Crippen molar-refractivity contribution in [1.82, 2.24) is 5.32 Å². The fourth-order valence-electron chi connectivity index (χ4n) is 1.78. The van der Waals surface area contributed by atoms with E-state index in [-0.39, 0.29) is 0 Å². The molecule has 8 nitrogen and oxygen atoms in total. The molecule has 1 N–H and O–H groups in total. The smallest absolute Gasteiger partial charge is 0.416 e. The molecule has 8 heteroatoms. The van der Waals surface area contributed by atoms with Gasteiger partial charge in [0.25, 0.3) is 0 Å². The van der Waals surface area contributed by atoms with Crippen LogP contribution < -0.4 is 10.2 Å². The molecule has 0 fully saturated rings. The van der Waals surface area contributed by atoms with Gasteiger partial charge < -0.3 is 19.5 Å². The number of nitrogens with one attached hydrogen (secondary N) is 1. The minimum atomic E-state index is -0.946. The molecule has 144 valence electrons. The molecule has 0 heterocycles. The van der Waals surface area contributed by atoms with Crippen LogP contribution in [0.15, 0.2) is 24.3 Å². The highest BCUT2D eigenvalue weighted by molar-refractivity contribution is 5.87. The number of carbonyl (C=O) groups excluding carboxylic acids is 3. The van der Waals surface area contributed by atoms with Crippen LogP contribution in [0.25, 0.3) is 0 Å². The Morgan fingerprint density at radius 2 is 1.69 bits per heavy atom. The summed E-state index contributed by atoms with van der Waals surface area (Å²) < 4.78 is 14.8. The van der Waals surface area contributed by atoms with Crippen LogP contribution in [0.5, 0.6) is 0 Å². The first-order valence-electron chi connectivity index (χ1n) is 8.13. The average Bonchev–Trinajstić information content (AvgIpc) is 2.52. The van der Waals surface area contributed by atoms with Crippen LogP contribution >= 0.6 is 0 Å². The van der Waals surface area contributed by atoms with Crippen molar-refractivity contribution in [3.05, 3.63) is 29.8 Å². The van der Waals surface area contributed by atoms with Crippen molar-refractivity contribution in [2.75, 3.05) is 18.7 Å². The zero-order valence-electron chi connectivity index (χ0n) is 16.0. The van der Waals surface area contributed by atoms with Gasteiger partial charge in [-0.15, -0.1) is 0 Å². The first-order chi connectivity index (χ1) is 12.0. The number of alkyl carbamates (subject to hydrolysis) is 1. The second kappa shape index (κ2) is 9.07. The molecule has 2 amide bonds. The van der Waals surface area contributed by atoms with Gasteiger partial charge in [-0.25, -0.2) is 14.4 Å². The molecule has 0 aromatic heterocycles. The molecule has 0 unspecified atom stereocenters. The molecule has 0 saturated carbocycles. The number of hydrogen-bond acceptors (Lipinski definition) is 6. The quantitative estimate of drug-likeness (QED) is 0.636. The molecule has 0 spiro atoms. The monoisotopic (exact) mass is 366 g/mol. The summed E-state index contributed by atoms with van der Waals surface area (Å²) >= 11 is 0.